The molecule has 0 aliphatic carbocycles. The average molecular weight is 288 g/mol. The van der Waals surface area contributed by atoms with Crippen LogP contribution in [0.1, 0.15) is 11.1 Å². The van der Waals surface area contributed by atoms with E-state index in [9.17, 15) is 8.78 Å². The number of rotatable bonds is 3. The third-order valence-electron chi connectivity index (χ3n) is 3.85. The fourth-order valence-electron chi connectivity index (χ4n) is 2.88. The Bertz CT molecular complexity index is 613. The van der Waals surface area contributed by atoms with Crippen molar-refractivity contribution in [3.63, 3.8) is 0 Å². The molecule has 1 aliphatic heterocycles. The van der Waals surface area contributed by atoms with Gasteiger partial charge in [-0.2, -0.15) is 8.78 Å². The van der Waals surface area contributed by atoms with E-state index in [1.807, 2.05) is 24.3 Å². The van der Waals surface area contributed by atoms with E-state index in [0.717, 1.165) is 17.7 Å². The second kappa shape index (κ2) is 5.45. The molecule has 0 amide bonds. The first-order valence-corrected chi connectivity index (χ1v) is 7.08. The second-order valence-corrected chi connectivity index (χ2v) is 5.54. The monoisotopic (exact) mass is 288 g/mol. The van der Waals surface area contributed by atoms with Crippen molar-refractivity contribution in [2.75, 3.05) is 18.0 Å². The molecule has 2 nitrogen and oxygen atoms in total. The number of para-hydroxylation sites is 1. The molecule has 4 heteroatoms. The van der Waals surface area contributed by atoms with Gasteiger partial charge in [0.2, 0.25) is 0 Å². The van der Waals surface area contributed by atoms with Gasteiger partial charge in [0.05, 0.1) is 6.54 Å². The van der Waals surface area contributed by atoms with Gasteiger partial charge >= 0.3 is 0 Å². The molecule has 2 aromatic carbocycles. The van der Waals surface area contributed by atoms with Crippen molar-refractivity contribution < 1.29 is 8.78 Å². The first-order valence-electron chi connectivity index (χ1n) is 7.08. The average Bonchev–Trinajstić information content (AvgIpc) is 2.47. The van der Waals surface area contributed by atoms with E-state index in [-0.39, 0.29) is 18.2 Å². The SMILES string of the molecule is NC1Cc2ccccc2N(CC(F)(F)c2ccccc2)C1. The lowest BCUT2D eigenvalue weighted by molar-refractivity contribution is 0.00347. The molecule has 110 valence electrons. The Labute approximate surface area is 123 Å². The van der Waals surface area contributed by atoms with Crippen LogP contribution in [0.2, 0.25) is 0 Å². The van der Waals surface area contributed by atoms with Crippen LogP contribution in [0.4, 0.5) is 14.5 Å². The summed E-state index contributed by atoms with van der Waals surface area (Å²) in [4.78, 5) is 1.70. The highest BCUT2D eigenvalue weighted by Crippen LogP contribution is 2.33. The zero-order valence-electron chi connectivity index (χ0n) is 11.7. The first kappa shape index (κ1) is 14.0. The van der Waals surface area contributed by atoms with Crippen LogP contribution >= 0.6 is 0 Å². The van der Waals surface area contributed by atoms with Crippen LogP contribution in [-0.4, -0.2) is 19.1 Å². The van der Waals surface area contributed by atoms with E-state index in [4.69, 9.17) is 5.73 Å². The van der Waals surface area contributed by atoms with E-state index >= 15 is 0 Å². The minimum Gasteiger partial charge on any atom is -0.363 e. The highest BCUT2D eigenvalue weighted by molar-refractivity contribution is 5.56. The molecular weight excluding hydrogens is 270 g/mol. The van der Waals surface area contributed by atoms with E-state index in [2.05, 4.69) is 0 Å². The quantitative estimate of drug-likeness (QED) is 0.940. The second-order valence-electron chi connectivity index (χ2n) is 5.54. The molecule has 1 heterocycles. The van der Waals surface area contributed by atoms with Gasteiger partial charge in [0.15, 0.2) is 0 Å². The summed E-state index contributed by atoms with van der Waals surface area (Å²) in [5, 5.41) is 0. The summed E-state index contributed by atoms with van der Waals surface area (Å²) in [5.41, 5.74) is 7.97. The van der Waals surface area contributed by atoms with Crippen molar-refractivity contribution in [1.29, 1.82) is 0 Å². The Hall–Kier alpha value is -1.94. The predicted molar refractivity (Wildman–Crippen MR) is 80.7 cm³/mol. The van der Waals surface area contributed by atoms with Crippen molar-refractivity contribution in [2.24, 2.45) is 5.73 Å². The summed E-state index contributed by atoms with van der Waals surface area (Å²) in [6, 6.07) is 15.5. The number of nitrogens with zero attached hydrogens (tertiary/aromatic N) is 1. The predicted octanol–water partition coefficient (Wildman–Crippen LogP) is 3.17. The molecule has 0 saturated carbocycles. The number of anilines is 1. The van der Waals surface area contributed by atoms with Crippen LogP contribution in [0.3, 0.4) is 0 Å². The first-order chi connectivity index (χ1) is 10.1. The zero-order valence-corrected chi connectivity index (χ0v) is 11.7. The number of halogens is 2. The normalized spacial score (nSPS) is 18.4. The molecule has 0 radical (unpaired) electrons. The van der Waals surface area contributed by atoms with E-state index in [1.165, 1.54) is 12.1 Å². The summed E-state index contributed by atoms with van der Waals surface area (Å²) in [7, 11) is 0. The van der Waals surface area contributed by atoms with Gasteiger partial charge in [-0.15, -0.1) is 0 Å². The number of nitrogens with two attached hydrogens (primary N) is 1. The van der Waals surface area contributed by atoms with Crippen LogP contribution < -0.4 is 10.6 Å². The lowest BCUT2D eigenvalue weighted by Gasteiger charge is -2.36. The molecular formula is C17H18F2N2. The van der Waals surface area contributed by atoms with Crippen molar-refractivity contribution >= 4 is 5.69 Å². The van der Waals surface area contributed by atoms with Crippen molar-refractivity contribution in [3.05, 3.63) is 65.7 Å². The van der Waals surface area contributed by atoms with E-state index in [1.54, 1.807) is 23.1 Å². The molecule has 1 unspecified atom stereocenters. The van der Waals surface area contributed by atoms with Crippen LogP contribution in [0.25, 0.3) is 0 Å². The van der Waals surface area contributed by atoms with Gasteiger partial charge in [-0.3, -0.25) is 0 Å². The Morgan fingerprint density at radius 3 is 2.48 bits per heavy atom. The standard InChI is InChI=1S/C17H18F2N2/c18-17(19,14-7-2-1-3-8-14)12-21-11-15(20)10-13-6-4-5-9-16(13)21/h1-9,15H,10-12,20H2. The van der Waals surface area contributed by atoms with Gasteiger partial charge in [-0.25, -0.2) is 0 Å². The topological polar surface area (TPSA) is 29.3 Å². The van der Waals surface area contributed by atoms with Crippen LogP contribution in [0.5, 0.6) is 0 Å². The molecule has 0 saturated heterocycles. The number of benzene rings is 2. The molecule has 3 rings (SSSR count). The van der Waals surface area contributed by atoms with E-state index < -0.39 is 5.92 Å². The Kier molecular flexibility index (Phi) is 3.64. The number of fused-ring (bicyclic) bond motifs is 1. The van der Waals surface area contributed by atoms with Crippen molar-refractivity contribution in [2.45, 2.75) is 18.4 Å². The van der Waals surface area contributed by atoms with Gasteiger partial charge in [-0.1, -0.05) is 48.5 Å². The molecule has 1 atom stereocenters. The molecule has 2 N–H and O–H groups in total. The van der Waals surface area contributed by atoms with Gasteiger partial charge < -0.3 is 10.6 Å². The molecule has 1 aliphatic rings. The summed E-state index contributed by atoms with van der Waals surface area (Å²) in [6.07, 6.45) is 0.740. The van der Waals surface area contributed by atoms with Gasteiger partial charge in [0.25, 0.3) is 5.92 Å². The molecule has 0 aromatic heterocycles. The maximum Gasteiger partial charge on any atom is 0.290 e. The fraction of sp³-hybridized carbons (Fsp3) is 0.294. The van der Waals surface area contributed by atoms with Gasteiger partial charge in [0.1, 0.15) is 0 Å². The summed E-state index contributed by atoms with van der Waals surface area (Å²) in [6.45, 7) is 0.112. The summed E-state index contributed by atoms with van der Waals surface area (Å²) in [5.74, 6) is -2.90. The van der Waals surface area contributed by atoms with Crippen molar-refractivity contribution in [3.8, 4) is 0 Å². The highest BCUT2D eigenvalue weighted by Gasteiger charge is 2.36. The molecule has 0 fully saturated rings. The van der Waals surface area contributed by atoms with Crippen LogP contribution in [0.15, 0.2) is 54.6 Å². The third kappa shape index (κ3) is 2.90. The number of alkyl halides is 2. The fourth-order valence-corrected chi connectivity index (χ4v) is 2.88. The lowest BCUT2D eigenvalue weighted by atomic mass is 9.97. The minimum atomic E-state index is -2.90. The van der Waals surface area contributed by atoms with Crippen LogP contribution in [0, 0.1) is 0 Å². The Morgan fingerprint density at radius 1 is 1.05 bits per heavy atom. The summed E-state index contributed by atoms with van der Waals surface area (Å²) < 4.78 is 29.0. The van der Waals surface area contributed by atoms with Crippen molar-refractivity contribution in [1.82, 2.24) is 0 Å². The largest absolute Gasteiger partial charge is 0.363 e. The smallest absolute Gasteiger partial charge is 0.290 e. The van der Waals surface area contributed by atoms with Crippen LogP contribution in [-0.2, 0) is 12.3 Å². The highest BCUT2D eigenvalue weighted by atomic mass is 19.3. The summed E-state index contributed by atoms with van der Waals surface area (Å²) >= 11 is 0. The molecule has 0 spiro atoms. The molecule has 0 bridgehead atoms. The zero-order chi connectivity index (χ0) is 14.9. The van der Waals surface area contributed by atoms with Gasteiger partial charge in [-0.05, 0) is 18.1 Å². The maximum absolute atomic E-state index is 14.5. The van der Waals surface area contributed by atoms with Gasteiger partial charge in [0, 0.05) is 23.8 Å². The maximum atomic E-state index is 14.5. The number of hydrogen-bond acceptors (Lipinski definition) is 2. The van der Waals surface area contributed by atoms with E-state index in [0.29, 0.717) is 6.54 Å². The minimum absolute atomic E-state index is 0.0432. The Morgan fingerprint density at radius 2 is 1.71 bits per heavy atom. The molecule has 21 heavy (non-hydrogen) atoms. The molecule has 2 aromatic rings. The third-order valence-corrected chi connectivity index (χ3v) is 3.85. The lowest BCUT2D eigenvalue weighted by Crippen LogP contribution is -2.47. The number of hydrogen-bond donors (Lipinski definition) is 1. The Balaban J connectivity index is 1.88.